The van der Waals surface area contributed by atoms with Crippen molar-refractivity contribution in [2.24, 2.45) is 0 Å². The molecule has 7 nitrogen and oxygen atoms in total. The SMILES string of the molecule is Cc1noc([C@@H]2CCCN(C(=O)N[C@@H](C)COc3cccc(F)c3)C2)n1. The molecular formula is C18H23FN4O3. The van der Waals surface area contributed by atoms with Crippen LogP contribution in [0.4, 0.5) is 9.18 Å². The molecule has 0 saturated carbocycles. The number of aryl methyl sites for hydroxylation is 1. The molecule has 8 heteroatoms. The second kappa shape index (κ2) is 8.16. The van der Waals surface area contributed by atoms with E-state index in [-0.39, 0.29) is 30.4 Å². The molecule has 2 aromatic rings. The summed E-state index contributed by atoms with van der Waals surface area (Å²) < 4.78 is 23.9. The van der Waals surface area contributed by atoms with Gasteiger partial charge in [0.1, 0.15) is 18.2 Å². The van der Waals surface area contributed by atoms with E-state index in [1.807, 2.05) is 6.92 Å². The molecule has 26 heavy (non-hydrogen) atoms. The van der Waals surface area contributed by atoms with Gasteiger partial charge >= 0.3 is 6.03 Å². The Hall–Kier alpha value is -2.64. The van der Waals surface area contributed by atoms with Crippen molar-refractivity contribution in [2.75, 3.05) is 19.7 Å². The Bertz CT molecular complexity index is 752. The highest BCUT2D eigenvalue weighted by Crippen LogP contribution is 2.25. The molecule has 140 valence electrons. The van der Waals surface area contributed by atoms with Crippen molar-refractivity contribution in [3.05, 3.63) is 41.8 Å². The molecule has 2 amide bonds. The van der Waals surface area contributed by atoms with Gasteiger partial charge in [0.25, 0.3) is 0 Å². The molecule has 1 aromatic carbocycles. The molecule has 2 heterocycles. The van der Waals surface area contributed by atoms with Crippen LogP contribution in [0, 0.1) is 12.7 Å². The van der Waals surface area contributed by atoms with Crippen LogP contribution in [0.1, 0.15) is 37.4 Å². The number of amides is 2. The number of nitrogens with one attached hydrogen (secondary N) is 1. The Labute approximate surface area is 151 Å². The van der Waals surface area contributed by atoms with Crippen LogP contribution in [0.25, 0.3) is 0 Å². The number of nitrogens with zero attached hydrogens (tertiary/aromatic N) is 3. The van der Waals surface area contributed by atoms with Gasteiger partial charge in [0.2, 0.25) is 5.89 Å². The molecule has 1 fully saturated rings. The number of piperidine rings is 1. The van der Waals surface area contributed by atoms with Crippen LogP contribution in [0.5, 0.6) is 5.75 Å². The summed E-state index contributed by atoms with van der Waals surface area (Å²) in [6, 6.07) is 5.57. The van der Waals surface area contributed by atoms with E-state index in [0.29, 0.717) is 30.6 Å². The lowest BCUT2D eigenvalue weighted by Gasteiger charge is -2.32. The smallest absolute Gasteiger partial charge is 0.317 e. The normalized spacial score (nSPS) is 18.4. The standard InChI is InChI=1S/C18H23FN4O3/c1-12(11-25-16-7-3-6-15(19)9-16)20-18(24)23-8-4-5-14(10-23)17-21-13(2)22-26-17/h3,6-7,9,12,14H,4-5,8,10-11H2,1-2H3,(H,20,24)/t12-,14+/m0/s1. The molecule has 0 unspecified atom stereocenters. The number of ether oxygens (including phenoxy) is 1. The highest BCUT2D eigenvalue weighted by atomic mass is 19.1. The van der Waals surface area contributed by atoms with Gasteiger partial charge in [-0.2, -0.15) is 4.98 Å². The molecule has 0 radical (unpaired) electrons. The molecule has 1 aliphatic rings. The summed E-state index contributed by atoms with van der Waals surface area (Å²) in [4.78, 5) is 18.5. The predicted molar refractivity (Wildman–Crippen MR) is 92.5 cm³/mol. The van der Waals surface area contributed by atoms with E-state index in [4.69, 9.17) is 9.26 Å². The number of carbonyl (C=O) groups excluding carboxylic acids is 1. The zero-order chi connectivity index (χ0) is 18.5. The number of benzene rings is 1. The lowest BCUT2D eigenvalue weighted by Crippen LogP contribution is -2.48. The van der Waals surface area contributed by atoms with Gasteiger partial charge in [0.05, 0.1) is 12.0 Å². The fraction of sp³-hybridized carbons (Fsp3) is 0.500. The summed E-state index contributed by atoms with van der Waals surface area (Å²) in [7, 11) is 0. The van der Waals surface area contributed by atoms with E-state index in [0.717, 1.165) is 12.8 Å². The van der Waals surface area contributed by atoms with E-state index in [9.17, 15) is 9.18 Å². The minimum atomic E-state index is -0.352. The second-order valence-electron chi connectivity index (χ2n) is 6.58. The van der Waals surface area contributed by atoms with Crippen LogP contribution in [0.15, 0.2) is 28.8 Å². The van der Waals surface area contributed by atoms with Gasteiger partial charge in [0, 0.05) is 19.2 Å². The van der Waals surface area contributed by atoms with Crippen LogP contribution in [-0.4, -0.2) is 46.8 Å². The Morgan fingerprint density at radius 2 is 2.38 bits per heavy atom. The monoisotopic (exact) mass is 362 g/mol. The highest BCUT2D eigenvalue weighted by molar-refractivity contribution is 5.74. The molecule has 1 N–H and O–H groups in total. The van der Waals surface area contributed by atoms with Gasteiger partial charge in [-0.25, -0.2) is 9.18 Å². The zero-order valence-electron chi connectivity index (χ0n) is 14.9. The number of aromatic nitrogens is 2. The van der Waals surface area contributed by atoms with Crippen LogP contribution in [-0.2, 0) is 0 Å². The zero-order valence-corrected chi connectivity index (χ0v) is 14.9. The maximum Gasteiger partial charge on any atom is 0.317 e. The Morgan fingerprint density at radius 3 is 3.12 bits per heavy atom. The molecule has 1 aromatic heterocycles. The number of hydrogen-bond acceptors (Lipinski definition) is 5. The molecule has 1 aliphatic heterocycles. The summed E-state index contributed by atoms with van der Waals surface area (Å²) >= 11 is 0. The van der Waals surface area contributed by atoms with Crippen molar-refractivity contribution in [3.8, 4) is 5.75 Å². The fourth-order valence-electron chi connectivity index (χ4n) is 2.96. The lowest BCUT2D eigenvalue weighted by atomic mass is 9.98. The third-order valence-corrected chi connectivity index (χ3v) is 4.27. The number of likely N-dealkylation sites (tertiary alicyclic amines) is 1. The third-order valence-electron chi connectivity index (χ3n) is 4.27. The molecule has 2 atom stereocenters. The van der Waals surface area contributed by atoms with Crippen molar-refractivity contribution < 1.29 is 18.4 Å². The number of halogens is 1. The van der Waals surface area contributed by atoms with Gasteiger partial charge in [0.15, 0.2) is 5.82 Å². The van der Waals surface area contributed by atoms with E-state index in [1.54, 1.807) is 24.0 Å². The van der Waals surface area contributed by atoms with Gasteiger partial charge in [-0.3, -0.25) is 0 Å². The summed E-state index contributed by atoms with van der Waals surface area (Å²) in [6.45, 7) is 5.12. The number of hydrogen-bond donors (Lipinski definition) is 1. The summed E-state index contributed by atoms with van der Waals surface area (Å²) in [5, 5.41) is 6.73. The molecule has 0 bridgehead atoms. The minimum Gasteiger partial charge on any atom is -0.491 e. The third kappa shape index (κ3) is 4.71. The van der Waals surface area contributed by atoms with Crippen molar-refractivity contribution in [2.45, 2.75) is 38.6 Å². The van der Waals surface area contributed by atoms with Crippen LogP contribution < -0.4 is 10.1 Å². The summed E-state index contributed by atoms with van der Waals surface area (Å²) in [5.41, 5.74) is 0. The first-order chi connectivity index (χ1) is 12.5. The predicted octanol–water partition coefficient (Wildman–Crippen LogP) is 2.87. The van der Waals surface area contributed by atoms with Crippen molar-refractivity contribution in [1.29, 1.82) is 0 Å². The van der Waals surface area contributed by atoms with Gasteiger partial charge in [-0.15, -0.1) is 0 Å². The first-order valence-electron chi connectivity index (χ1n) is 8.75. The van der Waals surface area contributed by atoms with Crippen LogP contribution in [0.2, 0.25) is 0 Å². The maximum atomic E-state index is 13.1. The number of carbonyl (C=O) groups is 1. The highest BCUT2D eigenvalue weighted by Gasteiger charge is 2.28. The van der Waals surface area contributed by atoms with Gasteiger partial charge < -0.3 is 19.5 Å². The minimum absolute atomic E-state index is 0.0644. The van der Waals surface area contributed by atoms with Crippen LogP contribution in [0.3, 0.4) is 0 Å². The topological polar surface area (TPSA) is 80.5 Å². The molecule has 0 aliphatic carbocycles. The average molecular weight is 362 g/mol. The fourth-order valence-corrected chi connectivity index (χ4v) is 2.96. The van der Waals surface area contributed by atoms with Gasteiger partial charge in [-0.1, -0.05) is 11.2 Å². The summed E-state index contributed by atoms with van der Waals surface area (Å²) in [5.74, 6) is 1.34. The number of urea groups is 1. The Kier molecular flexibility index (Phi) is 5.70. The quantitative estimate of drug-likeness (QED) is 0.885. The number of rotatable bonds is 5. The lowest BCUT2D eigenvalue weighted by molar-refractivity contribution is 0.164. The van der Waals surface area contributed by atoms with Crippen molar-refractivity contribution in [1.82, 2.24) is 20.4 Å². The largest absolute Gasteiger partial charge is 0.491 e. The van der Waals surface area contributed by atoms with E-state index < -0.39 is 0 Å². The molecule has 0 spiro atoms. The summed E-state index contributed by atoms with van der Waals surface area (Å²) in [6.07, 6.45) is 1.80. The van der Waals surface area contributed by atoms with Crippen molar-refractivity contribution >= 4 is 6.03 Å². The first-order valence-corrected chi connectivity index (χ1v) is 8.75. The Morgan fingerprint density at radius 1 is 1.54 bits per heavy atom. The average Bonchev–Trinajstić information content (AvgIpc) is 3.07. The van der Waals surface area contributed by atoms with Gasteiger partial charge in [-0.05, 0) is 38.8 Å². The first kappa shape index (κ1) is 18.2. The van der Waals surface area contributed by atoms with E-state index >= 15 is 0 Å². The molecule has 3 rings (SSSR count). The van der Waals surface area contributed by atoms with E-state index in [1.165, 1.54) is 12.1 Å². The van der Waals surface area contributed by atoms with E-state index in [2.05, 4.69) is 15.5 Å². The Balaban J connectivity index is 1.49. The maximum absolute atomic E-state index is 13.1. The molecular weight excluding hydrogens is 339 g/mol. The van der Waals surface area contributed by atoms with Crippen molar-refractivity contribution in [3.63, 3.8) is 0 Å². The second-order valence-corrected chi connectivity index (χ2v) is 6.58. The van der Waals surface area contributed by atoms with Crippen LogP contribution >= 0.6 is 0 Å². The molecule has 1 saturated heterocycles.